The molecule has 2 aromatic rings. The van der Waals surface area contributed by atoms with E-state index in [0.717, 1.165) is 37.5 Å². The van der Waals surface area contributed by atoms with Crippen LogP contribution in [0.25, 0.3) is 17.4 Å². The summed E-state index contributed by atoms with van der Waals surface area (Å²) in [6.07, 6.45) is 3.37. The molecule has 104 valence electrons. The maximum atomic E-state index is 5.20. The molecule has 0 spiro atoms. The smallest absolute Gasteiger partial charge is 0.320 e. The van der Waals surface area contributed by atoms with E-state index in [1.807, 2.05) is 0 Å². The molecule has 0 aromatic carbocycles. The second-order valence-corrected chi connectivity index (χ2v) is 4.43. The molecule has 1 aliphatic rings. The lowest BCUT2D eigenvalue weighted by Gasteiger charge is -2.28. The summed E-state index contributed by atoms with van der Waals surface area (Å²) in [6, 6.07) is 0.338. The van der Waals surface area contributed by atoms with Gasteiger partial charge in [0.25, 0.3) is 0 Å². The first-order chi connectivity index (χ1) is 9.83. The van der Waals surface area contributed by atoms with E-state index in [2.05, 4.69) is 37.5 Å². The summed E-state index contributed by atoms with van der Waals surface area (Å²) in [6.45, 7) is 7.21. The second-order valence-electron chi connectivity index (χ2n) is 4.43. The first-order valence-electron chi connectivity index (χ1n) is 6.43. The number of hydrogen-bond acceptors (Lipinski definition) is 6. The lowest BCUT2D eigenvalue weighted by Crippen LogP contribution is -2.44. The zero-order chi connectivity index (χ0) is 13.9. The number of methoxy groups -OCH3 is 1. The fourth-order valence-corrected chi connectivity index (χ4v) is 2.26. The van der Waals surface area contributed by atoms with Gasteiger partial charge in [0.1, 0.15) is 6.33 Å². The van der Waals surface area contributed by atoms with Crippen molar-refractivity contribution in [1.82, 2.24) is 24.8 Å². The fourth-order valence-electron chi connectivity index (χ4n) is 2.26. The highest BCUT2D eigenvalue weighted by Gasteiger charge is 2.19. The largest absolute Gasteiger partial charge is 0.467 e. The van der Waals surface area contributed by atoms with Gasteiger partial charge in [-0.3, -0.25) is 4.57 Å². The third-order valence-electron chi connectivity index (χ3n) is 3.21. The van der Waals surface area contributed by atoms with Gasteiger partial charge in [-0.15, -0.1) is 5.73 Å². The Morgan fingerprint density at radius 3 is 2.90 bits per heavy atom. The Morgan fingerprint density at radius 2 is 2.20 bits per heavy atom. The molecule has 0 amide bonds. The molecule has 0 unspecified atom stereocenters. The first kappa shape index (κ1) is 12.7. The minimum Gasteiger partial charge on any atom is -0.467 e. The molecule has 0 radical (unpaired) electrons. The predicted molar refractivity (Wildman–Crippen MR) is 76.9 cm³/mol. The van der Waals surface area contributed by atoms with Gasteiger partial charge in [-0.1, -0.05) is 6.58 Å². The molecule has 7 nitrogen and oxygen atoms in total. The maximum absolute atomic E-state index is 5.20. The summed E-state index contributed by atoms with van der Waals surface area (Å²) < 4.78 is 6.96. The summed E-state index contributed by atoms with van der Waals surface area (Å²) >= 11 is 0. The molecule has 1 aliphatic heterocycles. The third kappa shape index (κ3) is 2.13. The quantitative estimate of drug-likeness (QED) is 0.821. The van der Waals surface area contributed by atoms with Crippen LogP contribution in [0.2, 0.25) is 0 Å². The Balaban J connectivity index is 2.16. The number of piperazine rings is 1. The first-order valence-corrected chi connectivity index (χ1v) is 6.43. The van der Waals surface area contributed by atoms with Crippen molar-refractivity contribution in [2.24, 2.45) is 0 Å². The number of nitrogens with zero attached hydrogens (tertiary/aromatic N) is 5. The van der Waals surface area contributed by atoms with E-state index in [1.54, 1.807) is 24.2 Å². The highest BCUT2D eigenvalue weighted by molar-refractivity contribution is 5.85. The summed E-state index contributed by atoms with van der Waals surface area (Å²) in [5, 5.41) is 3.32. The summed E-state index contributed by atoms with van der Waals surface area (Å²) in [5.74, 6) is 0.810. The van der Waals surface area contributed by atoms with Crippen LogP contribution in [-0.2, 0) is 0 Å². The van der Waals surface area contributed by atoms with Crippen molar-refractivity contribution in [2.45, 2.75) is 0 Å². The predicted octanol–water partition coefficient (Wildman–Crippen LogP) is 0.500. The molecule has 1 fully saturated rings. The number of anilines is 1. The van der Waals surface area contributed by atoms with Crippen LogP contribution in [0.15, 0.2) is 18.6 Å². The van der Waals surface area contributed by atoms with Crippen LogP contribution in [0, 0.1) is 0 Å². The average molecular weight is 272 g/mol. The normalized spacial score (nSPS) is 15.2. The van der Waals surface area contributed by atoms with E-state index in [9.17, 15) is 0 Å². The van der Waals surface area contributed by atoms with Gasteiger partial charge < -0.3 is 15.0 Å². The van der Waals surface area contributed by atoms with Crippen molar-refractivity contribution in [3.05, 3.63) is 18.6 Å². The van der Waals surface area contributed by atoms with Gasteiger partial charge in [-0.25, -0.2) is 4.98 Å². The van der Waals surface area contributed by atoms with Crippen molar-refractivity contribution < 1.29 is 4.74 Å². The van der Waals surface area contributed by atoms with Crippen LogP contribution in [-0.4, -0.2) is 52.8 Å². The van der Waals surface area contributed by atoms with E-state index in [1.165, 1.54) is 0 Å². The van der Waals surface area contributed by atoms with E-state index >= 15 is 0 Å². The Bertz CT molecular complexity index is 667. The molecule has 2 aromatic heterocycles. The molecular formula is C13H16N6O. The van der Waals surface area contributed by atoms with E-state index in [0.29, 0.717) is 11.7 Å². The fraction of sp³-hybridized carbons (Fsp3) is 0.385. The third-order valence-corrected chi connectivity index (χ3v) is 3.21. The summed E-state index contributed by atoms with van der Waals surface area (Å²) in [7, 11) is 1.56. The van der Waals surface area contributed by atoms with Gasteiger partial charge in [0, 0.05) is 26.2 Å². The summed E-state index contributed by atoms with van der Waals surface area (Å²) in [5.41, 5.74) is 4.18. The number of fused-ring (bicyclic) bond motifs is 1. The SMILES string of the molecule is C=C=Cn1cnc2c(N3CCNCC3)nc(OC)nc21. The molecule has 3 heterocycles. The van der Waals surface area contributed by atoms with Gasteiger partial charge >= 0.3 is 6.01 Å². The number of aromatic nitrogens is 4. The van der Waals surface area contributed by atoms with Crippen LogP contribution < -0.4 is 15.0 Å². The van der Waals surface area contributed by atoms with Crippen LogP contribution in [0.5, 0.6) is 6.01 Å². The van der Waals surface area contributed by atoms with Crippen LogP contribution in [0.1, 0.15) is 0 Å². The Kier molecular flexibility index (Phi) is 3.37. The van der Waals surface area contributed by atoms with Gasteiger partial charge in [0.15, 0.2) is 17.0 Å². The molecular weight excluding hydrogens is 256 g/mol. The molecule has 1 N–H and O–H groups in total. The zero-order valence-corrected chi connectivity index (χ0v) is 11.3. The molecule has 0 aliphatic carbocycles. The molecule has 0 saturated carbocycles. The number of imidazole rings is 1. The Hall–Kier alpha value is -2.37. The van der Waals surface area contributed by atoms with Gasteiger partial charge in [0.05, 0.1) is 13.3 Å². The monoisotopic (exact) mass is 272 g/mol. The van der Waals surface area contributed by atoms with E-state index in [-0.39, 0.29) is 0 Å². The van der Waals surface area contributed by atoms with Gasteiger partial charge in [0.2, 0.25) is 0 Å². The summed E-state index contributed by atoms with van der Waals surface area (Å²) in [4.78, 5) is 15.4. The molecule has 3 rings (SSSR count). The number of rotatable bonds is 3. The van der Waals surface area contributed by atoms with Crippen molar-refractivity contribution in [3.8, 4) is 6.01 Å². The molecule has 7 heteroatoms. The Morgan fingerprint density at radius 1 is 1.40 bits per heavy atom. The number of nitrogens with one attached hydrogen (secondary N) is 1. The minimum absolute atomic E-state index is 0.338. The standard InChI is InChI=1S/C13H16N6O/c1-3-6-19-9-15-10-11(18-7-4-14-5-8-18)16-13(20-2)17-12(10)19/h6,9,14H,1,4-5,7-8H2,2H3. The molecule has 0 atom stereocenters. The lowest BCUT2D eigenvalue weighted by molar-refractivity contribution is 0.381. The van der Waals surface area contributed by atoms with Crippen LogP contribution in [0.4, 0.5) is 5.82 Å². The zero-order valence-electron chi connectivity index (χ0n) is 11.3. The number of ether oxygens (including phenoxy) is 1. The Labute approximate surface area is 116 Å². The highest BCUT2D eigenvalue weighted by atomic mass is 16.5. The van der Waals surface area contributed by atoms with E-state index in [4.69, 9.17) is 4.74 Å². The number of hydrogen-bond donors (Lipinski definition) is 1. The van der Waals surface area contributed by atoms with Crippen molar-refractivity contribution >= 4 is 23.2 Å². The second kappa shape index (κ2) is 5.32. The topological polar surface area (TPSA) is 68.1 Å². The van der Waals surface area contributed by atoms with Crippen LogP contribution >= 0.6 is 0 Å². The van der Waals surface area contributed by atoms with E-state index < -0.39 is 0 Å². The molecule has 20 heavy (non-hydrogen) atoms. The van der Waals surface area contributed by atoms with Gasteiger partial charge in [-0.2, -0.15) is 9.97 Å². The molecule has 0 bridgehead atoms. The highest BCUT2D eigenvalue weighted by Crippen LogP contribution is 2.25. The van der Waals surface area contributed by atoms with Crippen molar-refractivity contribution in [1.29, 1.82) is 0 Å². The van der Waals surface area contributed by atoms with Crippen LogP contribution in [0.3, 0.4) is 0 Å². The van der Waals surface area contributed by atoms with Gasteiger partial charge in [-0.05, 0) is 0 Å². The van der Waals surface area contributed by atoms with Crippen molar-refractivity contribution in [3.63, 3.8) is 0 Å². The maximum Gasteiger partial charge on any atom is 0.320 e. The lowest BCUT2D eigenvalue weighted by atomic mass is 10.3. The van der Waals surface area contributed by atoms with Crippen molar-refractivity contribution in [2.75, 3.05) is 38.2 Å². The molecule has 1 saturated heterocycles. The minimum atomic E-state index is 0.338. The average Bonchev–Trinajstić information content (AvgIpc) is 2.91.